The predicted molar refractivity (Wildman–Crippen MR) is 74.1 cm³/mol. The van der Waals surface area contributed by atoms with Gasteiger partial charge in [-0.05, 0) is 18.6 Å². The number of aliphatic hydroxyl groups is 1. The number of thioether (sulfide) groups is 1. The van der Waals surface area contributed by atoms with E-state index in [0.29, 0.717) is 13.2 Å². The third kappa shape index (κ3) is 4.51. The molecule has 0 amide bonds. The standard InChI is InChI=1S/C12H21N3O2S/c16-4-6-17-5-3-15-10-11(8-14-15)13-9-12-2-1-7-18-12/h8,10,12-13,16H,1-7,9H2. The summed E-state index contributed by atoms with van der Waals surface area (Å²) in [5.41, 5.74) is 1.07. The molecule has 1 aromatic rings. The molecule has 18 heavy (non-hydrogen) atoms. The molecule has 1 atom stereocenters. The summed E-state index contributed by atoms with van der Waals surface area (Å²) in [5, 5.41) is 17.0. The second-order valence-corrected chi connectivity index (χ2v) is 5.75. The zero-order chi connectivity index (χ0) is 12.6. The summed E-state index contributed by atoms with van der Waals surface area (Å²) >= 11 is 2.05. The molecule has 1 fully saturated rings. The van der Waals surface area contributed by atoms with Gasteiger partial charge in [0.2, 0.25) is 0 Å². The highest BCUT2D eigenvalue weighted by Gasteiger charge is 2.15. The minimum absolute atomic E-state index is 0.0744. The fourth-order valence-corrected chi connectivity index (χ4v) is 3.14. The smallest absolute Gasteiger partial charge is 0.0726 e. The number of aliphatic hydroxyl groups excluding tert-OH is 1. The largest absolute Gasteiger partial charge is 0.394 e. The lowest BCUT2D eigenvalue weighted by molar-refractivity contribution is 0.0854. The van der Waals surface area contributed by atoms with Gasteiger partial charge in [0.25, 0.3) is 0 Å². The number of anilines is 1. The normalized spacial score (nSPS) is 19.3. The van der Waals surface area contributed by atoms with Crippen LogP contribution in [0, 0.1) is 0 Å². The van der Waals surface area contributed by atoms with E-state index >= 15 is 0 Å². The number of nitrogens with zero attached hydrogens (tertiary/aromatic N) is 2. The average Bonchev–Trinajstić information content (AvgIpc) is 3.03. The van der Waals surface area contributed by atoms with Crippen LogP contribution in [0.2, 0.25) is 0 Å². The van der Waals surface area contributed by atoms with E-state index in [-0.39, 0.29) is 6.61 Å². The molecule has 1 unspecified atom stereocenters. The van der Waals surface area contributed by atoms with Crippen molar-refractivity contribution in [1.29, 1.82) is 0 Å². The minimum atomic E-state index is 0.0744. The summed E-state index contributed by atoms with van der Waals surface area (Å²) in [7, 11) is 0. The fourth-order valence-electron chi connectivity index (χ4n) is 1.94. The van der Waals surface area contributed by atoms with Crippen molar-refractivity contribution in [3.05, 3.63) is 12.4 Å². The SMILES string of the molecule is OCCOCCn1cc(NCC2CCCS2)cn1. The molecular weight excluding hydrogens is 250 g/mol. The Labute approximate surface area is 112 Å². The molecule has 1 aromatic heterocycles. The summed E-state index contributed by atoms with van der Waals surface area (Å²) in [6.07, 6.45) is 6.52. The van der Waals surface area contributed by atoms with Crippen LogP contribution in [0.3, 0.4) is 0 Å². The quantitative estimate of drug-likeness (QED) is 0.696. The molecule has 0 aliphatic carbocycles. The van der Waals surface area contributed by atoms with Gasteiger partial charge in [-0.15, -0.1) is 0 Å². The van der Waals surface area contributed by atoms with Crippen LogP contribution in [0.4, 0.5) is 5.69 Å². The van der Waals surface area contributed by atoms with E-state index in [1.54, 1.807) is 0 Å². The number of aromatic nitrogens is 2. The summed E-state index contributed by atoms with van der Waals surface area (Å²) < 4.78 is 7.07. The fraction of sp³-hybridized carbons (Fsp3) is 0.750. The molecule has 6 heteroatoms. The second-order valence-electron chi connectivity index (χ2n) is 4.34. The van der Waals surface area contributed by atoms with E-state index < -0.39 is 0 Å². The topological polar surface area (TPSA) is 59.3 Å². The van der Waals surface area contributed by atoms with Gasteiger partial charge in [-0.3, -0.25) is 4.68 Å². The van der Waals surface area contributed by atoms with Gasteiger partial charge in [-0.1, -0.05) is 0 Å². The van der Waals surface area contributed by atoms with Crippen LogP contribution in [0.25, 0.3) is 0 Å². The third-order valence-corrected chi connectivity index (χ3v) is 4.29. The lowest BCUT2D eigenvalue weighted by Crippen LogP contribution is -2.13. The van der Waals surface area contributed by atoms with Crippen LogP contribution >= 0.6 is 11.8 Å². The summed E-state index contributed by atoms with van der Waals surface area (Å²) in [4.78, 5) is 0. The number of hydrogen-bond donors (Lipinski definition) is 2. The van der Waals surface area contributed by atoms with Crippen molar-refractivity contribution in [3.63, 3.8) is 0 Å². The molecule has 0 aromatic carbocycles. The zero-order valence-electron chi connectivity index (χ0n) is 10.5. The molecule has 0 saturated carbocycles. The van der Waals surface area contributed by atoms with Crippen LogP contribution in [0.1, 0.15) is 12.8 Å². The van der Waals surface area contributed by atoms with Crippen molar-refractivity contribution >= 4 is 17.4 Å². The zero-order valence-corrected chi connectivity index (χ0v) is 11.4. The molecule has 102 valence electrons. The van der Waals surface area contributed by atoms with Crippen LogP contribution in [-0.2, 0) is 11.3 Å². The first kappa shape index (κ1) is 13.7. The third-order valence-electron chi connectivity index (χ3n) is 2.89. The number of nitrogens with one attached hydrogen (secondary N) is 1. The van der Waals surface area contributed by atoms with Gasteiger partial charge < -0.3 is 15.2 Å². The lowest BCUT2D eigenvalue weighted by Gasteiger charge is -2.09. The molecule has 1 saturated heterocycles. The van der Waals surface area contributed by atoms with Gasteiger partial charge in [0.05, 0.1) is 38.2 Å². The van der Waals surface area contributed by atoms with Crippen molar-refractivity contribution < 1.29 is 9.84 Å². The van der Waals surface area contributed by atoms with Crippen molar-refractivity contribution in [2.75, 3.05) is 37.4 Å². The monoisotopic (exact) mass is 271 g/mol. The molecule has 2 N–H and O–H groups in total. The van der Waals surface area contributed by atoms with E-state index in [1.165, 1.54) is 18.6 Å². The number of hydrogen-bond acceptors (Lipinski definition) is 5. The first-order valence-electron chi connectivity index (χ1n) is 6.45. The maximum Gasteiger partial charge on any atom is 0.0726 e. The van der Waals surface area contributed by atoms with Crippen molar-refractivity contribution in [3.8, 4) is 0 Å². The molecular formula is C12H21N3O2S. The Hall–Kier alpha value is -0.720. The minimum Gasteiger partial charge on any atom is -0.394 e. The molecule has 0 spiro atoms. The van der Waals surface area contributed by atoms with E-state index in [9.17, 15) is 0 Å². The Balaban J connectivity index is 1.65. The van der Waals surface area contributed by atoms with Gasteiger partial charge in [0.15, 0.2) is 0 Å². The van der Waals surface area contributed by atoms with Gasteiger partial charge in [-0.2, -0.15) is 16.9 Å². The van der Waals surface area contributed by atoms with E-state index in [0.717, 1.165) is 24.0 Å². The van der Waals surface area contributed by atoms with E-state index in [1.807, 2.05) is 17.1 Å². The van der Waals surface area contributed by atoms with Crippen LogP contribution < -0.4 is 5.32 Å². The van der Waals surface area contributed by atoms with Crippen molar-refractivity contribution in [2.45, 2.75) is 24.6 Å². The Morgan fingerprint density at radius 1 is 1.56 bits per heavy atom. The first-order chi connectivity index (χ1) is 8.88. The molecule has 1 aliphatic rings. The summed E-state index contributed by atoms with van der Waals surface area (Å²) in [6, 6.07) is 0. The average molecular weight is 271 g/mol. The first-order valence-corrected chi connectivity index (χ1v) is 7.50. The van der Waals surface area contributed by atoms with Gasteiger partial charge in [0.1, 0.15) is 0 Å². The summed E-state index contributed by atoms with van der Waals surface area (Å²) in [5.74, 6) is 1.30. The van der Waals surface area contributed by atoms with Crippen molar-refractivity contribution in [1.82, 2.24) is 9.78 Å². The van der Waals surface area contributed by atoms with Gasteiger partial charge >= 0.3 is 0 Å². The maximum atomic E-state index is 8.58. The molecule has 5 nitrogen and oxygen atoms in total. The Morgan fingerprint density at radius 2 is 2.50 bits per heavy atom. The maximum absolute atomic E-state index is 8.58. The molecule has 2 heterocycles. The van der Waals surface area contributed by atoms with Crippen LogP contribution in [0.5, 0.6) is 0 Å². The lowest BCUT2D eigenvalue weighted by atomic mass is 10.2. The predicted octanol–water partition coefficient (Wildman–Crippen LogP) is 1.20. The van der Waals surface area contributed by atoms with E-state index in [2.05, 4.69) is 22.2 Å². The summed E-state index contributed by atoms with van der Waals surface area (Å²) in [6.45, 7) is 2.80. The molecule has 2 rings (SSSR count). The molecule has 1 aliphatic heterocycles. The van der Waals surface area contributed by atoms with Crippen molar-refractivity contribution in [2.24, 2.45) is 0 Å². The van der Waals surface area contributed by atoms with Gasteiger partial charge in [-0.25, -0.2) is 0 Å². The Kier molecular flexibility index (Phi) is 5.83. The number of ether oxygens (including phenoxy) is 1. The highest BCUT2D eigenvalue weighted by Crippen LogP contribution is 2.26. The Bertz CT molecular complexity index is 340. The molecule has 0 bridgehead atoms. The van der Waals surface area contributed by atoms with Crippen LogP contribution in [-0.4, -0.2) is 52.3 Å². The second kappa shape index (κ2) is 7.66. The van der Waals surface area contributed by atoms with Gasteiger partial charge in [0, 0.05) is 18.0 Å². The van der Waals surface area contributed by atoms with E-state index in [4.69, 9.17) is 9.84 Å². The van der Waals surface area contributed by atoms with Crippen LogP contribution in [0.15, 0.2) is 12.4 Å². The number of rotatable bonds is 8. The Morgan fingerprint density at radius 3 is 3.28 bits per heavy atom. The highest BCUT2D eigenvalue weighted by atomic mass is 32.2. The molecule has 0 radical (unpaired) electrons. The highest BCUT2D eigenvalue weighted by molar-refractivity contribution is 8.00.